The monoisotopic (exact) mass is 433 g/mol. The number of benzene rings is 2. The van der Waals surface area contributed by atoms with Crippen molar-refractivity contribution in [1.29, 1.82) is 0 Å². The Hall–Kier alpha value is -2.42. The normalized spacial score (nSPS) is 12.8. The van der Waals surface area contributed by atoms with Crippen LogP contribution in [0.5, 0.6) is 5.75 Å². The molecule has 7 nitrogen and oxygen atoms in total. The van der Waals surface area contributed by atoms with Crippen LogP contribution in [0.2, 0.25) is 0 Å². The zero-order valence-electron chi connectivity index (χ0n) is 18.7. The van der Waals surface area contributed by atoms with Gasteiger partial charge in [-0.25, -0.2) is 12.7 Å². The quantitative estimate of drug-likeness (QED) is 0.692. The fourth-order valence-corrected chi connectivity index (χ4v) is 4.22. The number of aryl methyl sites for hydroxylation is 2. The molecule has 2 aromatic rings. The molecule has 8 heteroatoms. The first-order valence-corrected chi connectivity index (χ1v) is 11.1. The largest absolute Gasteiger partial charge is 0.496 e. The minimum absolute atomic E-state index is 0.135. The highest BCUT2D eigenvalue weighted by atomic mass is 32.2. The van der Waals surface area contributed by atoms with Gasteiger partial charge in [0.1, 0.15) is 5.75 Å². The highest BCUT2D eigenvalue weighted by Crippen LogP contribution is 2.25. The number of ether oxygens (including phenoxy) is 1. The zero-order chi connectivity index (χ0) is 22.6. The standard InChI is InChI=1S/C22H31N3O4S/c1-15-11-18(12-16(2)21(15)29-7)14-25(6)17(3)22(26)23-19-9-8-10-20(13-19)30(27,28)24(4)5/h8-13,17H,14H2,1-7H3,(H,23,26). The van der Waals surface area contributed by atoms with Gasteiger partial charge in [0, 0.05) is 26.3 Å². The molecule has 1 unspecified atom stereocenters. The van der Waals surface area contributed by atoms with E-state index in [1.165, 1.54) is 26.2 Å². The second kappa shape index (κ2) is 9.59. The van der Waals surface area contributed by atoms with Crippen LogP contribution >= 0.6 is 0 Å². The molecule has 164 valence electrons. The number of sulfonamides is 1. The summed E-state index contributed by atoms with van der Waals surface area (Å²) in [6.45, 7) is 6.41. The van der Waals surface area contributed by atoms with Gasteiger partial charge in [-0.2, -0.15) is 0 Å². The van der Waals surface area contributed by atoms with E-state index < -0.39 is 16.1 Å². The summed E-state index contributed by atoms with van der Waals surface area (Å²) in [5.74, 6) is 0.665. The lowest BCUT2D eigenvalue weighted by atomic mass is 10.0. The lowest BCUT2D eigenvalue weighted by molar-refractivity contribution is -0.120. The summed E-state index contributed by atoms with van der Waals surface area (Å²) >= 11 is 0. The third kappa shape index (κ3) is 5.38. The fourth-order valence-electron chi connectivity index (χ4n) is 3.27. The summed E-state index contributed by atoms with van der Waals surface area (Å²) < 4.78 is 31.2. The Bertz CT molecular complexity index is 996. The van der Waals surface area contributed by atoms with Crippen LogP contribution in [-0.4, -0.2) is 57.8 Å². The minimum atomic E-state index is -3.57. The number of nitrogens with one attached hydrogen (secondary N) is 1. The fraction of sp³-hybridized carbons (Fsp3) is 0.409. The van der Waals surface area contributed by atoms with Crippen LogP contribution in [0.15, 0.2) is 41.3 Å². The lowest BCUT2D eigenvalue weighted by Gasteiger charge is -2.25. The molecule has 0 saturated heterocycles. The highest BCUT2D eigenvalue weighted by molar-refractivity contribution is 7.89. The Balaban J connectivity index is 2.11. The summed E-state index contributed by atoms with van der Waals surface area (Å²) in [6.07, 6.45) is 0. The van der Waals surface area contributed by atoms with Crippen LogP contribution in [0.1, 0.15) is 23.6 Å². The molecule has 1 N–H and O–H groups in total. The third-order valence-corrected chi connectivity index (χ3v) is 6.89. The molecule has 0 bridgehead atoms. The molecular weight excluding hydrogens is 402 g/mol. The van der Waals surface area contributed by atoms with Gasteiger partial charge < -0.3 is 10.1 Å². The topological polar surface area (TPSA) is 79.0 Å². The third-order valence-electron chi connectivity index (χ3n) is 5.08. The van der Waals surface area contributed by atoms with Crippen molar-refractivity contribution in [3.63, 3.8) is 0 Å². The SMILES string of the molecule is COc1c(C)cc(CN(C)C(C)C(=O)Nc2cccc(S(=O)(=O)N(C)C)c2)cc1C. The van der Waals surface area contributed by atoms with Crippen molar-refractivity contribution in [3.05, 3.63) is 53.1 Å². The van der Waals surface area contributed by atoms with Gasteiger partial charge in [-0.05, 0) is 62.7 Å². The van der Waals surface area contributed by atoms with Crippen molar-refractivity contribution in [3.8, 4) is 5.75 Å². The van der Waals surface area contributed by atoms with Crippen LogP contribution in [0.25, 0.3) is 0 Å². The predicted molar refractivity (Wildman–Crippen MR) is 119 cm³/mol. The molecule has 0 aliphatic carbocycles. The predicted octanol–water partition coefficient (Wildman–Crippen LogP) is 3.02. The van der Waals surface area contributed by atoms with E-state index in [1.54, 1.807) is 19.2 Å². The molecule has 0 heterocycles. The lowest BCUT2D eigenvalue weighted by Crippen LogP contribution is -2.39. The average molecular weight is 434 g/mol. The van der Waals surface area contributed by atoms with Crippen LogP contribution in [0.3, 0.4) is 0 Å². The Morgan fingerprint density at radius 1 is 1.10 bits per heavy atom. The van der Waals surface area contributed by atoms with E-state index in [0.717, 1.165) is 26.7 Å². The van der Waals surface area contributed by atoms with Crippen molar-refractivity contribution in [1.82, 2.24) is 9.21 Å². The van der Waals surface area contributed by atoms with Crippen LogP contribution in [0.4, 0.5) is 5.69 Å². The summed E-state index contributed by atoms with van der Waals surface area (Å²) in [6, 6.07) is 9.97. The second-order valence-electron chi connectivity index (χ2n) is 7.66. The van der Waals surface area contributed by atoms with Gasteiger partial charge in [0.05, 0.1) is 18.0 Å². The number of methoxy groups -OCH3 is 1. The van der Waals surface area contributed by atoms with Gasteiger partial charge in [0.15, 0.2) is 0 Å². The molecule has 0 aliphatic heterocycles. The first-order valence-electron chi connectivity index (χ1n) is 9.65. The Morgan fingerprint density at radius 3 is 2.23 bits per heavy atom. The van der Waals surface area contributed by atoms with Gasteiger partial charge in [-0.15, -0.1) is 0 Å². The number of carbonyl (C=O) groups excluding carboxylic acids is 1. The Morgan fingerprint density at radius 2 is 1.70 bits per heavy atom. The first-order chi connectivity index (χ1) is 14.0. The molecule has 0 aliphatic rings. The highest BCUT2D eigenvalue weighted by Gasteiger charge is 2.21. The number of amides is 1. The Kier molecular flexibility index (Phi) is 7.63. The molecular formula is C22H31N3O4S. The van der Waals surface area contributed by atoms with Gasteiger partial charge in [-0.1, -0.05) is 18.2 Å². The smallest absolute Gasteiger partial charge is 0.242 e. The zero-order valence-corrected chi connectivity index (χ0v) is 19.5. The van der Waals surface area contributed by atoms with Gasteiger partial charge in [0.2, 0.25) is 15.9 Å². The molecule has 0 aromatic heterocycles. The number of likely N-dealkylation sites (N-methyl/N-ethyl adjacent to an activating group) is 1. The van der Waals surface area contributed by atoms with E-state index in [0.29, 0.717) is 12.2 Å². The summed E-state index contributed by atoms with van der Waals surface area (Å²) in [4.78, 5) is 14.8. The summed E-state index contributed by atoms with van der Waals surface area (Å²) in [5.41, 5.74) is 3.64. The van der Waals surface area contributed by atoms with E-state index in [-0.39, 0.29) is 10.8 Å². The number of nitrogens with zero attached hydrogens (tertiary/aromatic N) is 2. The Labute approximate surface area is 179 Å². The van der Waals surface area contributed by atoms with E-state index in [2.05, 4.69) is 17.4 Å². The number of hydrogen-bond donors (Lipinski definition) is 1. The van der Waals surface area contributed by atoms with Crippen LogP contribution < -0.4 is 10.1 Å². The number of carbonyl (C=O) groups is 1. The number of hydrogen-bond acceptors (Lipinski definition) is 5. The molecule has 2 aromatic carbocycles. The van der Waals surface area contributed by atoms with Crippen molar-refractivity contribution < 1.29 is 17.9 Å². The molecule has 0 saturated carbocycles. The molecule has 1 atom stereocenters. The van der Waals surface area contributed by atoms with Gasteiger partial charge in [-0.3, -0.25) is 9.69 Å². The maximum absolute atomic E-state index is 12.7. The average Bonchev–Trinajstić information content (AvgIpc) is 2.67. The van der Waals surface area contributed by atoms with Gasteiger partial charge in [0.25, 0.3) is 0 Å². The molecule has 0 spiro atoms. The van der Waals surface area contributed by atoms with Crippen molar-refractivity contribution >= 4 is 21.6 Å². The maximum atomic E-state index is 12.7. The summed E-state index contributed by atoms with van der Waals surface area (Å²) in [5, 5.41) is 2.82. The van der Waals surface area contributed by atoms with Crippen molar-refractivity contribution in [2.24, 2.45) is 0 Å². The molecule has 0 radical (unpaired) electrons. The van der Waals surface area contributed by atoms with Gasteiger partial charge >= 0.3 is 0 Å². The van der Waals surface area contributed by atoms with Crippen LogP contribution in [0, 0.1) is 13.8 Å². The first kappa shape index (κ1) is 23.9. The molecule has 2 rings (SSSR count). The van der Waals surface area contributed by atoms with E-state index in [9.17, 15) is 13.2 Å². The summed E-state index contributed by atoms with van der Waals surface area (Å²) in [7, 11) is 2.92. The van der Waals surface area contributed by atoms with Crippen molar-refractivity contribution in [2.75, 3.05) is 33.6 Å². The van der Waals surface area contributed by atoms with Crippen LogP contribution in [-0.2, 0) is 21.4 Å². The number of rotatable bonds is 8. The second-order valence-corrected chi connectivity index (χ2v) is 9.81. The van der Waals surface area contributed by atoms with E-state index in [4.69, 9.17) is 4.74 Å². The minimum Gasteiger partial charge on any atom is -0.496 e. The molecule has 30 heavy (non-hydrogen) atoms. The maximum Gasteiger partial charge on any atom is 0.242 e. The van der Waals surface area contributed by atoms with Crippen molar-refractivity contribution in [2.45, 2.75) is 38.3 Å². The van der Waals surface area contributed by atoms with E-state index in [1.807, 2.05) is 32.7 Å². The molecule has 1 amide bonds. The number of anilines is 1. The van der Waals surface area contributed by atoms with E-state index >= 15 is 0 Å². The molecule has 0 fully saturated rings.